The largest absolute Gasteiger partial charge is 0.436 e. The molecule has 62 heavy (non-hydrogen) atoms. The second kappa shape index (κ2) is 17.2. The average Bonchev–Trinajstić information content (AvgIpc) is 4.17. The number of oxazole rings is 3. The van der Waals surface area contributed by atoms with Gasteiger partial charge in [0.05, 0.1) is 41.1 Å². The van der Waals surface area contributed by atoms with Gasteiger partial charge in [0, 0.05) is 58.4 Å². The highest BCUT2D eigenvalue weighted by Gasteiger charge is 2.22. The molecule has 0 bridgehead atoms. The van der Waals surface area contributed by atoms with Crippen molar-refractivity contribution in [2.45, 2.75) is 13.8 Å². The Hall–Kier alpha value is -8.85. The fourth-order valence-electron chi connectivity index (χ4n) is 6.55. The summed E-state index contributed by atoms with van der Waals surface area (Å²) in [7, 11) is 0. The fourth-order valence-corrected chi connectivity index (χ4v) is 6.55. The molecule has 0 radical (unpaired) electrons. The van der Waals surface area contributed by atoms with Crippen LogP contribution >= 0.6 is 0 Å². The molecule has 6 N–H and O–H groups in total. The number of hydrogen-bond donors (Lipinski definition) is 4. The van der Waals surface area contributed by atoms with Crippen molar-refractivity contribution in [3.05, 3.63) is 164 Å². The smallest absolute Gasteiger partial charge is 0.299 e. The lowest BCUT2D eigenvalue weighted by atomic mass is 10.1. The zero-order valence-corrected chi connectivity index (χ0v) is 33.4. The van der Waals surface area contributed by atoms with Crippen LogP contribution in [0.1, 0.15) is 11.1 Å². The number of pyridine rings is 2. The molecule has 0 saturated carbocycles. The number of nitrogen functional groups attached to an aromatic ring is 2. The molecule has 0 aliphatic carbocycles. The molecule has 0 unspecified atom stereocenters. The number of aromatic nitrogens is 7. The molecule has 0 atom stereocenters. The number of rotatable bonds is 10. The van der Waals surface area contributed by atoms with Gasteiger partial charge < -0.3 is 39.8 Å². The van der Waals surface area contributed by atoms with Crippen LogP contribution in [0.5, 0.6) is 0 Å². The highest BCUT2D eigenvalue weighted by molar-refractivity contribution is 5.89. The summed E-state index contributed by atoms with van der Waals surface area (Å²) in [5.41, 5.74) is 21.7. The Kier molecular flexibility index (Phi) is 10.7. The molecule has 6 aromatic heterocycles. The van der Waals surface area contributed by atoms with E-state index in [1.165, 1.54) is 0 Å². The summed E-state index contributed by atoms with van der Waals surface area (Å²) in [6, 6.07) is 34.9. The van der Waals surface area contributed by atoms with Gasteiger partial charge in [0.2, 0.25) is 11.8 Å². The number of hydrogen-bond acceptors (Lipinski definition) is 15. The van der Waals surface area contributed by atoms with E-state index in [0.29, 0.717) is 75.2 Å². The van der Waals surface area contributed by atoms with E-state index in [-0.39, 0.29) is 0 Å². The van der Waals surface area contributed by atoms with Crippen molar-refractivity contribution in [3.63, 3.8) is 0 Å². The van der Waals surface area contributed by atoms with Gasteiger partial charge in [-0.05, 0) is 73.5 Å². The fraction of sp³-hybridized carbons (Fsp3) is 0.0426. The Labute approximate surface area is 354 Å². The molecule has 0 fully saturated rings. The lowest BCUT2D eigenvalue weighted by Crippen LogP contribution is -2.00. The third kappa shape index (κ3) is 8.21. The van der Waals surface area contributed by atoms with Gasteiger partial charge in [-0.2, -0.15) is 0 Å². The third-order valence-corrected chi connectivity index (χ3v) is 9.73. The van der Waals surface area contributed by atoms with E-state index in [0.717, 1.165) is 39.1 Å². The van der Waals surface area contributed by atoms with Crippen LogP contribution in [0.15, 0.2) is 170 Å². The second-order valence-electron chi connectivity index (χ2n) is 13.9. The summed E-state index contributed by atoms with van der Waals surface area (Å²) in [4.78, 5) is 21.2. The molecule has 10 aromatic rings. The molecule has 0 aliphatic heterocycles. The third-order valence-electron chi connectivity index (χ3n) is 9.73. The summed E-state index contributed by atoms with van der Waals surface area (Å²) in [6.07, 6.45) is 11.8. The van der Waals surface area contributed by atoms with E-state index < -0.39 is 0 Å². The minimum Gasteiger partial charge on any atom is -0.436 e. The number of benzene rings is 4. The SMILES string of the molecule is Cc1ccc(N)c(-c2ncc(-c3ccccc3)o2)c1Nc1ncc(-c2ccncc2)o1.Cc1ccc(N)c(-c2nnc(-c3ccccc3)o2)c1Nc1ncc(-c2ccncc2)o1. The first kappa shape index (κ1) is 38.7. The summed E-state index contributed by atoms with van der Waals surface area (Å²) in [5.74, 6) is 3.07. The Morgan fingerprint density at radius 2 is 0.855 bits per heavy atom. The van der Waals surface area contributed by atoms with Crippen LogP contribution in [0.2, 0.25) is 0 Å². The molecule has 0 amide bonds. The quantitative estimate of drug-likeness (QED) is 0.0943. The maximum atomic E-state index is 6.32. The zero-order valence-electron chi connectivity index (χ0n) is 33.4. The van der Waals surface area contributed by atoms with Gasteiger partial charge >= 0.3 is 0 Å². The number of nitrogens with two attached hydrogens (primary N) is 2. The zero-order chi connectivity index (χ0) is 42.4. The number of nitrogens with zero attached hydrogens (tertiary/aromatic N) is 7. The highest BCUT2D eigenvalue weighted by Crippen LogP contribution is 2.40. The van der Waals surface area contributed by atoms with E-state index in [4.69, 9.17) is 29.1 Å². The van der Waals surface area contributed by atoms with Crippen molar-refractivity contribution in [2.24, 2.45) is 0 Å². The van der Waals surface area contributed by atoms with Crippen molar-refractivity contribution >= 4 is 34.8 Å². The van der Waals surface area contributed by atoms with Gasteiger partial charge in [-0.3, -0.25) is 9.97 Å². The van der Waals surface area contributed by atoms with Gasteiger partial charge in [0.1, 0.15) is 0 Å². The van der Waals surface area contributed by atoms with Crippen LogP contribution in [0.25, 0.3) is 68.3 Å². The first-order chi connectivity index (χ1) is 30.4. The van der Waals surface area contributed by atoms with E-state index in [2.05, 4.69) is 45.8 Å². The summed E-state index contributed by atoms with van der Waals surface area (Å²) < 4.78 is 23.8. The van der Waals surface area contributed by atoms with Crippen molar-refractivity contribution in [1.29, 1.82) is 0 Å². The number of aryl methyl sites for hydroxylation is 2. The molecular formula is C47H37N11O4. The molecule has 4 aromatic carbocycles. The second-order valence-corrected chi connectivity index (χ2v) is 13.9. The van der Waals surface area contributed by atoms with Crippen molar-refractivity contribution < 1.29 is 17.7 Å². The van der Waals surface area contributed by atoms with E-state index in [1.807, 2.05) is 117 Å². The van der Waals surface area contributed by atoms with Crippen LogP contribution in [-0.4, -0.2) is 35.1 Å². The van der Waals surface area contributed by atoms with E-state index >= 15 is 0 Å². The van der Waals surface area contributed by atoms with Gasteiger partial charge in [-0.1, -0.05) is 60.7 Å². The topological polar surface area (TPSA) is 219 Å². The Bertz CT molecular complexity index is 2860. The molecule has 304 valence electrons. The Morgan fingerprint density at radius 1 is 0.419 bits per heavy atom. The first-order valence-corrected chi connectivity index (χ1v) is 19.3. The molecular weight excluding hydrogens is 783 g/mol. The highest BCUT2D eigenvalue weighted by atomic mass is 16.4. The summed E-state index contributed by atoms with van der Waals surface area (Å²) in [5, 5.41) is 14.9. The molecule has 15 nitrogen and oxygen atoms in total. The maximum Gasteiger partial charge on any atom is 0.299 e. The van der Waals surface area contributed by atoms with Crippen LogP contribution in [-0.2, 0) is 0 Å². The number of anilines is 6. The molecule has 10 rings (SSSR count). The normalized spacial score (nSPS) is 10.9. The predicted molar refractivity (Wildman–Crippen MR) is 237 cm³/mol. The van der Waals surface area contributed by atoms with Crippen LogP contribution in [0, 0.1) is 13.8 Å². The summed E-state index contributed by atoms with van der Waals surface area (Å²) in [6.45, 7) is 3.92. The van der Waals surface area contributed by atoms with Crippen LogP contribution < -0.4 is 22.1 Å². The minimum atomic E-state index is 0.309. The Morgan fingerprint density at radius 3 is 1.39 bits per heavy atom. The molecule has 15 heteroatoms. The minimum absolute atomic E-state index is 0.309. The first-order valence-electron chi connectivity index (χ1n) is 19.3. The maximum absolute atomic E-state index is 6.32. The Balaban J connectivity index is 0.000000158. The average molecular weight is 820 g/mol. The van der Waals surface area contributed by atoms with E-state index in [1.54, 1.807) is 49.4 Å². The standard InChI is InChI=1S/C24H19N5O2.C23H18N6O2/c1-15-7-8-18(25)21(23-27-13-19(30-23)16-5-3-2-4-6-16)22(15)29-24-28-14-20(31-24)17-9-11-26-12-10-17;1-14-7-8-17(24)19(22-29-28-21(31-22)16-5-3-2-4-6-16)20(14)27-23-26-13-18(30-23)15-9-11-25-12-10-15/h2-14H,25H2,1H3,(H,28,29);2-13H,24H2,1H3,(H,26,27). The van der Waals surface area contributed by atoms with Crippen molar-refractivity contribution in [2.75, 3.05) is 22.1 Å². The molecule has 0 aliphatic rings. The lowest BCUT2D eigenvalue weighted by Gasteiger charge is -2.13. The molecule has 0 saturated heterocycles. The van der Waals surface area contributed by atoms with E-state index in [9.17, 15) is 0 Å². The van der Waals surface area contributed by atoms with Gasteiger partial charge in [-0.15, -0.1) is 10.2 Å². The summed E-state index contributed by atoms with van der Waals surface area (Å²) >= 11 is 0. The van der Waals surface area contributed by atoms with Gasteiger partial charge in [0.25, 0.3) is 17.9 Å². The van der Waals surface area contributed by atoms with Crippen molar-refractivity contribution in [3.8, 4) is 68.3 Å². The van der Waals surface area contributed by atoms with Crippen LogP contribution in [0.3, 0.4) is 0 Å². The van der Waals surface area contributed by atoms with Crippen LogP contribution in [0.4, 0.5) is 34.8 Å². The van der Waals surface area contributed by atoms with Gasteiger partial charge in [-0.25, -0.2) is 15.0 Å². The number of nitrogens with one attached hydrogen (secondary N) is 2. The lowest BCUT2D eigenvalue weighted by molar-refractivity contribution is 0.584. The molecule has 0 spiro atoms. The van der Waals surface area contributed by atoms with Crippen molar-refractivity contribution in [1.82, 2.24) is 35.1 Å². The molecule has 6 heterocycles. The predicted octanol–water partition coefficient (Wildman–Crippen LogP) is 10.8. The van der Waals surface area contributed by atoms with Gasteiger partial charge in [0.15, 0.2) is 17.3 Å². The monoisotopic (exact) mass is 819 g/mol.